The van der Waals surface area contributed by atoms with E-state index in [4.69, 9.17) is 5.26 Å². The molecule has 0 unspecified atom stereocenters. The van der Waals surface area contributed by atoms with Crippen LogP contribution in [0.25, 0.3) is 0 Å². The van der Waals surface area contributed by atoms with E-state index in [9.17, 15) is 4.79 Å². The molecule has 0 amide bonds. The molecule has 0 spiro atoms. The summed E-state index contributed by atoms with van der Waals surface area (Å²) in [5.41, 5.74) is 3.45. The minimum absolute atomic E-state index is 0.0682. The highest BCUT2D eigenvalue weighted by Gasteiger charge is 1.99. The summed E-state index contributed by atoms with van der Waals surface area (Å²) in [6, 6.07) is 16.9. The van der Waals surface area contributed by atoms with Crippen LogP contribution in [0, 0.1) is 11.3 Å². The van der Waals surface area contributed by atoms with Crippen LogP contribution in [-0.2, 0) is 6.54 Å². The van der Waals surface area contributed by atoms with Gasteiger partial charge in [-0.1, -0.05) is 12.1 Å². The molecule has 3 heteroatoms. The molecule has 2 rings (SSSR count). The van der Waals surface area contributed by atoms with Crippen LogP contribution in [0.1, 0.15) is 28.4 Å². The fourth-order valence-corrected chi connectivity index (χ4v) is 1.72. The van der Waals surface area contributed by atoms with Crippen molar-refractivity contribution in [2.45, 2.75) is 13.5 Å². The molecule has 0 saturated heterocycles. The highest BCUT2D eigenvalue weighted by Crippen LogP contribution is 2.12. The van der Waals surface area contributed by atoms with Gasteiger partial charge >= 0.3 is 0 Å². The van der Waals surface area contributed by atoms with Gasteiger partial charge in [0.25, 0.3) is 0 Å². The molecule has 0 bridgehead atoms. The van der Waals surface area contributed by atoms with E-state index >= 15 is 0 Å². The highest BCUT2D eigenvalue weighted by molar-refractivity contribution is 5.94. The first kappa shape index (κ1) is 12.8. The first-order valence-electron chi connectivity index (χ1n) is 6.03. The number of hydrogen-bond donors (Lipinski definition) is 1. The third kappa shape index (κ3) is 3.43. The zero-order valence-electron chi connectivity index (χ0n) is 10.7. The Kier molecular flexibility index (Phi) is 3.94. The molecule has 0 aliphatic carbocycles. The second-order valence-electron chi connectivity index (χ2n) is 4.30. The van der Waals surface area contributed by atoms with Crippen LogP contribution in [0.15, 0.2) is 48.5 Å². The molecule has 0 atom stereocenters. The fraction of sp³-hybridized carbons (Fsp3) is 0.125. The van der Waals surface area contributed by atoms with E-state index in [0.29, 0.717) is 17.7 Å². The maximum atomic E-state index is 11.1. The van der Waals surface area contributed by atoms with Gasteiger partial charge in [0, 0.05) is 17.8 Å². The lowest BCUT2D eigenvalue weighted by molar-refractivity contribution is 0.101. The summed E-state index contributed by atoms with van der Waals surface area (Å²) < 4.78 is 0. The molecule has 94 valence electrons. The van der Waals surface area contributed by atoms with Gasteiger partial charge in [0.1, 0.15) is 0 Å². The maximum absolute atomic E-state index is 11.1. The number of nitrogens with zero attached hydrogens (tertiary/aromatic N) is 1. The van der Waals surface area contributed by atoms with Crippen LogP contribution in [0.3, 0.4) is 0 Å². The van der Waals surface area contributed by atoms with Gasteiger partial charge < -0.3 is 5.32 Å². The van der Waals surface area contributed by atoms with Crippen molar-refractivity contribution in [1.29, 1.82) is 5.26 Å². The highest BCUT2D eigenvalue weighted by atomic mass is 16.1. The quantitative estimate of drug-likeness (QED) is 0.846. The second kappa shape index (κ2) is 5.83. The monoisotopic (exact) mass is 250 g/mol. The van der Waals surface area contributed by atoms with Crippen molar-refractivity contribution in [2.75, 3.05) is 5.32 Å². The smallest absolute Gasteiger partial charge is 0.159 e. The normalized spacial score (nSPS) is 9.68. The van der Waals surface area contributed by atoms with E-state index in [0.717, 1.165) is 11.3 Å². The van der Waals surface area contributed by atoms with Gasteiger partial charge in [-0.15, -0.1) is 0 Å². The molecule has 1 N–H and O–H groups in total. The van der Waals surface area contributed by atoms with Crippen molar-refractivity contribution in [2.24, 2.45) is 0 Å². The van der Waals surface area contributed by atoms with Crippen LogP contribution < -0.4 is 5.32 Å². The Morgan fingerprint density at radius 3 is 2.26 bits per heavy atom. The molecule has 3 nitrogen and oxygen atoms in total. The second-order valence-corrected chi connectivity index (χ2v) is 4.30. The molecule has 0 saturated carbocycles. The first-order chi connectivity index (χ1) is 9.19. The molecule has 0 heterocycles. The molecule has 0 radical (unpaired) electrons. The Morgan fingerprint density at radius 2 is 1.74 bits per heavy atom. The first-order valence-corrected chi connectivity index (χ1v) is 6.03. The van der Waals surface area contributed by atoms with Gasteiger partial charge in [-0.05, 0) is 48.9 Å². The number of anilines is 1. The third-order valence-corrected chi connectivity index (χ3v) is 2.87. The number of carbonyl (C=O) groups is 1. The van der Waals surface area contributed by atoms with Gasteiger partial charge in [0.2, 0.25) is 0 Å². The van der Waals surface area contributed by atoms with Crippen LogP contribution in [0.2, 0.25) is 0 Å². The van der Waals surface area contributed by atoms with E-state index in [2.05, 4.69) is 11.4 Å². The summed E-state index contributed by atoms with van der Waals surface area (Å²) in [6.45, 7) is 2.24. The topological polar surface area (TPSA) is 52.9 Å². The average molecular weight is 250 g/mol. The van der Waals surface area contributed by atoms with Crippen molar-refractivity contribution in [3.63, 3.8) is 0 Å². The Bertz CT molecular complexity index is 607. The van der Waals surface area contributed by atoms with E-state index < -0.39 is 0 Å². The molecular weight excluding hydrogens is 236 g/mol. The zero-order chi connectivity index (χ0) is 13.7. The Morgan fingerprint density at radius 1 is 1.11 bits per heavy atom. The van der Waals surface area contributed by atoms with Crippen LogP contribution in [-0.4, -0.2) is 5.78 Å². The molecule has 19 heavy (non-hydrogen) atoms. The molecule has 2 aromatic rings. The summed E-state index contributed by atoms with van der Waals surface area (Å²) in [7, 11) is 0. The predicted octanol–water partition coefficient (Wildman–Crippen LogP) is 3.37. The number of Topliss-reactive ketones (excluding diaryl/α,β-unsaturated/α-hetero) is 1. The molecule has 0 aromatic heterocycles. The third-order valence-electron chi connectivity index (χ3n) is 2.87. The molecule has 0 aliphatic rings. The number of carbonyl (C=O) groups excluding carboxylic acids is 1. The van der Waals surface area contributed by atoms with Gasteiger partial charge in [-0.3, -0.25) is 4.79 Å². The molecule has 0 aliphatic heterocycles. The van der Waals surface area contributed by atoms with E-state index in [1.54, 1.807) is 19.1 Å². The van der Waals surface area contributed by atoms with Crippen LogP contribution in [0.5, 0.6) is 0 Å². The van der Waals surface area contributed by atoms with E-state index in [1.165, 1.54) is 0 Å². The number of hydrogen-bond acceptors (Lipinski definition) is 3. The summed E-state index contributed by atoms with van der Waals surface area (Å²) in [6.07, 6.45) is 0. The van der Waals surface area contributed by atoms with Gasteiger partial charge in [-0.2, -0.15) is 5.26 Å². The number of rotatable bonds is 4. The standard InChI is InChI=1S/C16H14N2O/c1-12(19)15-6-8-16(9-7-15)18-11-14-4-2-13(10-17)3-5-14/h2-9,18H,11H2,1H3. The number of ketones is 1. The van der Waals surface area contributed by atoms with Crippen molar-refractivity contribution < 1.29 is 4.79 Å². The maximum Gasteiger partial charge on any atom is 0.159 e. The largest absolute Gasteiger partial charge is 0.381 e. The number of nitriles is 1. The Hall–Kier alpha value is -2.60. The minimum Gasteiger partial charge on any atom is -0.381 e. The number of benzene rings is 2. The molecule has 2 aromatic carbocycles. The fourth-order valence-electron chi connectivity index (χ4n) is 1.72. The lowest BCUT2D eigenvalue weighted by Crippen LogP contribution is -2.00. The van der Waals surface area contributed by atoms with Gasteiger partial charge in [0.15, 0.2) is 5.78 Å². The minimum atomic E-state index is 0.0682. The predicted molar refractivity (Wildman–Crippen MR) is 74.9 cm³/mol. The molecule has 0 fully saturated rings. The summed E-state index contributed by atoms with van der Waals surface area (Å²) in [4.78, 5) is 11.1. The Balaban J connectivity index is 1.98. The van der Waals surface area contributed by atoms with Crippen LogP contribution >= 0.6 is 0 Å². The van der Waals surface area contributed by atoms with E-state index in [-0.39, 0.29) is 5.78 Å². The zero-order valence-corrected chi connectivity index (χ0v) is 10.7. The van der Waals surface area contributed by atoms with Crippen LogP contribution in [0.4, 0.5) is 5.69 Å². The van der Waals surface area contributed by atoms with Gasteiger partial charge in [0.05, 0.1) is 11.6 Å². The summed E-state index contributed by atoms with van der Waals surface area (Å²) >= 11 is 0. The average Bonchev–Trinajstić information content (AvgIpc) is 2.46. The SMILES string of the molecule is CC(=O)c1ccc(NCc2ccc(C#N)cc2)cc1. The summed E-state index contributed by atoms with van der Waals surface area (Å²) in [5, 5.41) is 12.0. The van der Waals surface area contributed by atoms with E-state index in [1.807, 2.05) is 36.4 Å². The van der Waals surface area contributed by atoms with Crippen molar-refractivity contribution >= 4 is 11.5 Å². The number of nitrogens with one attached hydrogen (secondary N) is 1. The van der Waals surface area contributed by atoms with Crippen molar-refractivity contribution in [1.82, 2.24) is 0 Å². The molecular formula is C16H14N2O. The Labute approximate surface area is 112 Å². The summed E-state index contributed by atoms with van der Waals surface area (Å²) in [5.74, 6) is 0.0682. The lowest BCUT2D eigenvalue weighted by Gasteiger charge is -2.07. The lowest BCUT2D eigenvalue weighted by atomic mass is 10.1. The van der Waals surface area contributed by atoms with Crippen molar-refractivity contribution in [3.8, 4) is 6.07 Å². The van der Waals surface area contributed by atoms with Crippen molar-refractivity contribution in [3.05, 3.63) is 65.2 Å². The van der Waals surface area contributed by atoms with Gasteiger partial charge in [-0.25, -0.2) is 0 Å².